The van der Waals surface area contributed by atoms with Crippen molar-refractivity contribution in [1.29, 1.82) is 0 Å². The fourth-order valence-electron chi connectivity index (χ4n) is 2.61. The van der Waals surface area contributed by atoms with Crippen molar-refractivity contribution in [2.24, 2.45) is 4.99 Å². The van der Waals surface area contributed by atoms with Crippen molar-refractivity contribution in [1.82, 2.24) is 25.4 Å². The van der Waals surface area contributed by atoms with Gasteiger partial charge in [0.05, 0.1) is 6.54 Å². The Balaban J connectivity index is 0.00000338. The molecule has 0 saturated heterocycles. The lowest BCUT2D eigenvalue weighted by atomic mass is 10.1. The van der Waals surface area contributed by atoms with E-state index in [-0.39, 0.29) is 24.0 Å². The summed E-state index contributed by atoms with van der Waals surface area (Å²) in [7, 11) is 1.76. The average Bonchev–Trinajstić information content (AvgIpc) is 3.03. The normalized spacial score (nSPS) is 11.0. The van der Waals surface area contributed by atoms with Crippen LogP contribution in [-0.2, 0) is 13.0 Å². The van der Waals surface area contributed by atoms with Crippen molar-refractivity contribution in [3.63, 3.8) is 0 Å². The number of rotatable bonds is 8. The number of halogens is 1. The summed E-state index contributed by atoms with van der Waals surface area (Å²) in [6.07, 6.45) is 2.64. The first kappa shape index (κ1) is 22.2. The van der Waals surface area contributed by atoms with Gasteiger partial charge in [-0.3, -0.25) is 4.99 Å². The van der Waals surface area contributed by atoms with Crippen molar-refractivity contribution >= 4 is 29.9 Å². The molecule has 0 unspecified atom stereocenters. The van der Waals surface area contributed by atoms with Gasteiger partial charge in [0, 0.05) is 26.6 Å². The lowest BCUT2D eigenvalue weighted by Crippen LogP contribution is -2.40. The molecule has 0 fully saturated rings. The summed E-state index contributed by atoms with van der Waals surface area (Å²) in [5.74, 6) is 2.66. The highest BCUT2D eigenvalue weighted by Crippen LogP contribution is 2.15. The van der Waals surface area contributed by atoms with Gasteiger partial charge in [-0.25, -0.2) is 0 Å². The quantitative estimate of drug-likeness (QED) is 0.267. The second-order valence-corrected chi connectivity index (χ2v) is 5.89. The summed E-state index contributed by atoms with van der Waals surface area (Å²) in [6, 6.07) is 6.23. The lowest BCUT2D eigenvalue weighted by Gasteiger charge is -2.13. The van der Waals surface area contributed by atoms with Gasteiger partial charge in [0.2, 0.25) is 0 Å². The average molecular weight is 472 g/mol. The van der Waals surface area contributed by atoms with E-state index in [0.29, 0.717) is 13.2 Å². The van der Waals surface area contributed by atoms with Gasteiger partial charge in [-0.05, 0) is 37.1 Å². The summed E-state index contributed by atoms with van der Waals surface area (Å²) in [6.45, 7) is 9.03. The lowest BCUT2D eigenvalue weighted by molar-refractivity contribution is 0.321. The minimum absolute atomic E-state index is 0. The van der Waals surface area contributed by atoms with Crippen molar-refractivity contribution in [3.05, 3.63) is 41.5 Å². The zero-order valence-corrected chi connectivity index (χ0v) is 18.3. The number of nitrogens with one attached hydrogen (secondary N) is 2. The van der Waals surface area contributed by atoms with Crippen molar-refractivity contribution in [2.75, 3.05) is 26.7 Å². The molecule has 26 heavy (non-hydrogen) atoms. The smallest absolute Gasteiger partial charge is 0.191 e. The molecule has 2 aromatic rings. The number of aromatic nitrogens is 3. The highest BCUT2D eigenvalue weighted by molar-refractivity contribution is 14.0. The third-order valence-electron chi connectivity index (χ3n) is 3.74. The fourth-order valence-corrected chi connectivity index (χ4v) is 2.61. The van der Waals surface area contributed by atoms with Crippen LogP contribution < -0.4 is 15.4 Å². The molecule has 8 heteroatoms. The number of hydrogen-bond donors (Lipinski definition) is 2. The number of aliphatic imine (C=N–C) groups is 1. The predicted molar refractivity (Wildman–Crippen MR) is 116 cm³/mol. The molecule has 0 radical (unpaired) electrons. The Kier molecular flexibility index (Phi) is 10.0. The van der Waals surface area contributed by atoms with Crippen LogP contribution in [0.1, 0.15) is 23.9 Å². The van der Waals surface area contributed by atoms with Crippen LogP contribution in [0, 0.1) is 13.8 Å². The molecule has 7 nitrogen and oxygen atoms in total. The highest BCUT2D eigenvalue weighted by Gasteiger charge is 2.02. The van der Waals surface area contributed by atoms with E-state index < -0.39 is 0 Å². The van der Waals surface area contributed by atoms with E-state index in [0.717, 1.165) is 37.0 Å². The Morgan fingerprint density at radius 3 is 2.50 bits per heavy atom. The maximum absolute atomic E-state index is 5.79. The Hall–Kier alpha value is -1.84. The number of nitrogens with zero attached hydrogens (tertiary/aromatic N) is 4. The van der Waals surface area contributed by atoms with Crippen molar-refractivity contribution in [2.45, 2.75) is 33.7 Å². The third kappa shape index (κ3) is 7.19. The van der Waals surface area contributed by atoms with Crippen LogP contribution in [0.3, 0.4) is 0 Å². The maximum Gasteiger partial charge on any atom is 0.191 e. The standard InChI is InChI=1S/C18H28N6O.HI/c1-5-17-23-22-13-24(17)8-6-20-18(19-4)21-7-9-25-16-11-14(2)10-15(3)12-16;/h10-13H,5-9H2,1-4H3,(H2,19,20,21);1H. The molecule has 144 valence electrons. The predicted octanol–water partition coefficient (Wildman–Crippen LogP) is 2.32. The van der Waals surface area contributed by atoms with Crippen LogP contribution in [-0.4, -0.2) is 47.5 Å². The van der Waals surface area contributed by atoms with Gasteiger partial charge in [0.25, 0.3) is 0 Å². The minimum atomic E-state index is 0. The van der Waals surface area contributed by atoms with E-state index in [2.05, 4.69) is 52.7 Å². The molecular formula is C18H29IN6O. The van der Waals surface area contributed by atoms with Crippen LogP contribution in [0.25, 0.3) is 0 Å². The van der Waals surface area contributed by atoms with Crippen molar-refractivity contribution in [3.8, 4) is 5.75 Å². The molecule has 0 aliphatic rings. The summed E-state index contributed by atoms with van der Waals surface area (Å²) in [5, 5.41) is 14.5. The number of benzene rings is 1. The molecule has 0 aliphatic heterocycles. The molecule has 2 N–H and O–H groups in total. The fraction of sp³-hybridized carbons (Fsp3) is 0.500. The van der Waals surface area contributed by atoms with Crippen molar-refractivity contribution < 1.29 is 4.74 Å². The van der Waals surface area contributed by atoms with Gasteiger partial charge in [0.15, 0.2) is 5.96 Å². The SMILES string of the molecule is CCc1nncn1CCNC(=NC)NCCOc1cc(C)cc(C)c1.I. The summed E-state index contributed by atoms with van der Waals surface area (Å²) in [5.41, 5.74) is 2.42. The highest BCUT2D eigenvalue weighted by atomic mass is 127. The second-order valence-electron chi connectivity index (χ2n) is 5.89. The number of hydrogen-bond acceptors (Lipinski definition) is 4. The van der Waals surface area contributed by atoms with Crippen LogP contribution in [0.15, 0.2) is 29.5 Å². The van der Waals surface area contributed by atoms with E-state index in [1.54, 1.807) is 13.4 Å². The Bertz CT molecular complexity index is 680. The minimum Gasteiger partial charge on any atom is -0.492 e. The molecule has 2 rings (SSSR count). The van der Waals surface area contributed by atoms with Crippen LogP contribution >= 0.6 is 24.0 Å². The van der Waals surface area contributed by atoms with E-state index in [9.17, 15) is 0 Å². The first-order valence-electron chi connectivity index (χ1n) is 8.64. The zero-order chi connectivity index (χ0) is 18.1. The van der Waals surface area contributed by atoms with Gasteiger partial charge in [-0.1, -0.05) is 13.0 Å². The number of ether oxygens (including phenoxy) is 1. The largest absolute Gasteiger partial charge is 0.492 e. The Labute approximate surface area is 172 Å². The molecular weight excluding hydrogens is 443 g/mol. The van der Waals surface area contributed by atoms with E-state index >= 15 is 0 Å². The molecule has 0 saturated carbocycles. The third-order valence-corrected chi connectivity index (χ3v) is 3.74. The topological polar surface area (TPSA) is 76.4 Å². The molecule has 0 aliphatic carbocycles. The van der Waals surface area contributed by atoms with Crippen LogP contribution in [0.4, 0.5) is 0 Å². The van der Waals surface area contributed by atoms with Gasteiger partial charge in [-0.15, -0.1) is 34.2 Å². The molecule has 0 bridgehead atoms. The Morgan fingerprint density at radius 1 is 1.15 bits per heavy atom. The number of aryl methyl sites for hydroxylation is 3. The second kappa shape index (κ2) is 11.7. The maximum atomic E-state index is 5.79. The summed E-state index contributed by atoms with van der Waals surface area (Å²) < 4.78 is 7.84. The van der Waals surface area contributed by atoms with E-state index in [1.807, 2.05) is 16.7 Å². The first-order chi connectivity index (χ1) is 12.1. The van der Waals surface area contributed by atoms with Gasteiger partial charge in [0.1, 0.15) is 24.5 Å². The molecule has 0 atom stereocenters. The molecule has 0 amide bonds. The van der Waals surface area contributed by atoms with E-state index in [1.165, 1.54) is 11.1 Å². The van der Waals surface area contributed by atoms with Gasteiger partial charge < -0.3 is 19.9 Å². The first-order valence-corrected chi connectivity index (χ1v) is 8.64. The van der Waals surface area contributed by atoms with E-state index in [4.69, 9.17) is 4.74 Å². The van der Waals surface area contributed by atoms with Crippen LogP contribution in [0.5, 0.6) is 5.75 Å². The molecule has 0 spiro atoms. The monoisotopic (exact) mass is 472 g/mol. The summed E-state index contributed by atoms with van der Waals surface area (Å²) in [4.78, 5) is 4.22. The number of guanidine groups is 1. The van der Waals surface area contributed by atoms with Gasteiger partial charge in [-0.2, -0.15) is 0 Å². The molecule has 1 aromatic heterocycles. The zero-order valence-electron chi connectivity index (χ0n) is 16.0. The molecule has 1 heterocycles. The Morgan fingerprint density at radius 2 is 1.85 bits per heavy atom. The van der Waals surface area contributed by atoms with Crippen LogP contribution in [0.2, 0.25) is 0 Å². The summed E-state index contributed by atoms with van der Waals surface area (Å²) >= 11 is 0. The molecule has 1 aromatic carbocycles. The van der Waals surface area contributed by atoms with Gasteiger partial charge >= 0.3 is 0 Å².